The molecule has 1 aliphatic rings. The first-order chi connectivity index (χ1) is 8.50. The van der Waals surface area contributed by atoms with E-state index < -0.39 is 10.8 Å². The zero-order chi connectivity index (χ0) is 13.3. The van der Waals surface area contributed by atoms with Gasteiger partial charge in [0.15, 0.2) is 0 Å². The summed E-state index contributed by atoms with van der Waals surface area (Å²) in [6, 6.07) is 4.12. The molecule has 0 aromatic heterocycles. The topological polar surface area (TPSA) is 89.5 Å². The Labute approximate surface area is 121 Å². The van der Waals surface area contributed by atoms with Crippen LogP contribution in [0.5, 0.6) is 0 Å². The van der Waals surface area contributed by atoms with Gasteiger partial charge in [-0.25, -0.2) is 0 Å². The first-order valence-electron chi connectivity index (χ1n) is 5.48. The number of hydrogen-bond donors (Lipinski definition) is 1. The molecule has 1 fully saturated rings. The number of carbonyl (C=O) groups excluding carboxylic acids is 1. The molecule has 1 heterocycles. The third-order valence-corrected chi connectivity index (χ3v) is 3.23. The van der Waals surface area contributed by atoms with Gasteiger partial charge in [0.05, 0.1) is 9.95 Å². The van der Waals surface area contributed by atoms with E-state index in [9.17, 15) is 14.9 Å². The summed E-state index contributed by atoms with van der Waals surface area (Å²) in [5, 5.41) is 11.0. The zero-order valence-electron chi connectivity index (χ0n) is 9.91. The Morgan fingerprint density at radius 3 is 2.74 bits per heavy atom. The summed E-state index contributed by atoms with van der Waals surface area (Å²) in [6.07, 6.45) is 0.698. The molecule has 6 nitrogen and oxygen atoms in total. The van der Waals surface area contributed by atoms with Gasteiger partial charge >= 0.3 is 0 Å². The molecule has 0 aliphatic carbocycles. The van der Waals surface area contributed by atoms with E-state index in [1.54, 1.807) is 0 Å². The van der Waals surface area contributed by atoms with Crippen molar-refractivity contribution in [3.8, 4) is 0 Å². The fourth-order valence-electron chi connectivity index (χ4n) is 2.01. The van der Waals surface area contributed by atoms with E-state index in [1.165, 1.54) is 23.1 Å². The van der Waals surface area contributed by atoms with Gasteiger partial charge < -0.3 is 10.6 Å². The van der Waals surface area contributed by atoms with E-state index in [2.05, 4.69) is 0 Å². The van der Waals surface area contributed by atoms with Crippen LogP contribution in [0.4, 0.5) is 5.69 Å². The lowest BCUT2D eigenvalue weighted by molar-refractivity contribution is -0.385. The fourth-order valence-corrected chi connectivity index (χ4v) is 2.26. The lowest BCUT2D eigenvalue weighted by Gasteiger charge is -2.16. The normalized spacial score (nSPS) is 18.0. The van der Waals surface area contributed by atoms with Crippen LogP contribution in [0.3, 0.4) is 0 Å². The third-order valence-electron chi connectivity index (χ3n) is 2.91. The molecule has 0 spiro atoms. The van der Waals surface area contributed by atoms with Crippen molar-refractivity contribution < 1.29 is 9.72 Å². The lowest BCUT2D eigenvalue weighted by Crippen LogP contribution is -2.32. The van der Waals surface area contributed by atoms with Crippen molar-refractivity contribution in [1.82, 2.24) is 4.90 Å². The Bertz CT molecular complexity index is 510. The van der Waals surface area contributed by atoms with Gasteiger partial charge in [0, 0.05) is 25.2 Å². The standard InChI is InChI=1S/C11H12ClN3O3.ClH/c12-8-2-1-3-9(15(17)18)10(8)11(16)14-5-4-7(13)6-14;/h1-3,7H,4-6,13H2;1H. The molecular formula is C11H13Cl2N3O3. The van der Waals surface area contributed by atoms with Crippen LogP contribution < -0.4 is 5.73 Å². The first-order valence-corrected chi connectivity index (χ1v) is 5.86. The van der Waals surface area contributed by atoms with E-state index in [0.29, 0.717) is 19.5 Å². The van der Waals surface area contributed by atoms with E-state index in [1.807, 2.05) is 0 Å². The van der Waals surface area contributed by atoms with Crippen molar-refractivity contribution >= 4 is 35.6 Å². The number of hydrogen-bond acceptors (Lipinski definition) is 4. The minimum atomic E-state index is -0.602. The van der Waals surface area contributed by atoms with Crippen LogP contribution >= 0.6 is 24.0 Å². The number of nitro groups is 1. The Balaban J connectivity index is 0.00000180. The van der Waals surface area contributed by atoms with Gasteiger partial charge in [-0.05, 0) is 12.5 Å². The summed E-state index contributed by atoms with van der Waals surface area (Å²) in [5.41, 5.74) is 5.39. The smallest absolute Gasteiger partial charge is 0.283 e. The van der Waals surface area contributed by atoms with Crippen molar-refractivity contribution in [2.75, 3.05) is 13.1 Å². The number of likely N-dealkylation sites (tertiary alicyclic amines) is 1. The number of carbonyl (C=O) groups is 1. The van der Waals surface area contributed by atoms with Crippen molar-refractivity contribution in [3.05, 3.63) is 38.9 Å². The van der Waals surface area contributed by atoms with Crippen LogP contribution in [0.2, 0.25) is 5.02 Å². The molecule has 2 rings (SSSR count). The first kappa shape index (κ1) is 15.7. The molecule has 19 heavy (non-hydrogen) atoms. The van der Waals surface area contributed by atoms with E-state index in [-0.39, 0.29) is 34.7 Å². The minimum Gasteiger partial charge on any atom is -0.337 e. The van der Waals surface area contributed by atoms with Crippen LogP contribution in [0, 0.1) is 10.1 Å². The second kappa shape index (κ2) is 6.18. The van der Waals surface area contributed by atoms with Crippen LogP contribution in [-0.4, -0.2) is 34.9 Å². The van der Waals surface area contributed by atoms with Crippen LogP contribution in [-0.2, 0) is 0 Å². The molecule has 1 aromatic rings. The number of nitrogens with zero attached hydrogens (tertiary/aromatic N) is 2. The Morgan fingerprint density at radius 1 is 1.53 bits per heavy atom. The zero-order valence-corrected chi connectivity index (χ0v) is 11.5. The summed E-state index contributed by atoms with van der Waals surface area (Å²) in [5.74, 6) is -0.430. The van der Waals surface area contributed by atoms with E-state index >= 15 is 0 Å². The molecule has 1 unspecified atom stereocenters. The summed E-state index contributed by atoms with van der Waals surface area (Å²) in [4.78, 5) is 24.0. The van der Waals surface area contributed by atoms with Gasteiger partial charge in [-0.3, -0.25) is 14.9 Å². The molecular weight excluding hydrogens is 293 g/mol. The highest BCUT2D eigenvalue weighted by atomic mass is 35.5. The highest BCUT2D eigenvalue weighted by Gasteiger charge is 2.31. The average molecular weight is 306 g/mol. The number of nitro benzene ring substituents is 1. The summed E-state index contributed by atoms with van der Waals surface area (Å²) in [6.45, 7) is 0.906. The minimum absolute atomic E-state index is 0. The SMILES string of the molecule is Cl.NC1CCN(C(=O)c2c(Cl)cccc2[N+](=O)[O-])C1. The van der Waals surface area contributed by atoms with Crippen molar-refractivity contribution in [1.29, 1.82) is 0 Å². The van der Waals surface area contributed by atoms with Gasteiger partial charge in [0.2, 0.25) is 0 Å². The molecule has 0 saturated carbocycles. The molecule has 1 atom stereocenters. The quantitative estimate of drug-likeness (QED) is 0.667. The molecule has 0 radical (unpaired) electrons. The maximum Gasteiger partial charge on any atom is 0.283 e. The predicted molar refractivity (Wildman–Crippen MR) is 73.9 cm³/mol. The molecule has 1 saturated heterocycles. The fraction of sp³-hybridized carbons (Fsp3) is 0.364. The molecule has 8 heteroatoms. The molecule has 1 aromatic carbocycles. The van der Waals surface area contributed by atoms with Crippen LogP contribution in [0.25, 0.3) is 0 Å². The van der Waals surface area contributed by atoms with Gasteiger partial charge in [0.25, 0.3) is 11.6 Å². The lowest BCUT2D eigenvalue weighted by atomic mass is 10.1. The second-order valence-corrected chi connectivity index (χ2v) is 4.60. The largest absolute Gasteiger partial charge is 0.337 e. The van der Waals surface area contributed by atoms with Gasteiger partial charge in [-0.1, -0.05) is 17.7 Å². The van der Waals surface area contributed by atoms with E-state index in [0.717, 1.165) is 0 Å². The Morgan fingerprint density at radius 2 is 2.21 bits per heavy atom. The highest BCUT2D eigenvalue weighted by molar-refractivity contribution is 6.34. The van der Waals surface area contributed by atoms with Gasteiger partial charge in [-0.2, -0.15) is 0 Å². The predicted octanol–water partition coefficient (Wildman–Crippen LogP) is 1.84. The highest BCUT2D eigenvalue weighted by Crippen LogP contribution is 2.28. The summed E-state index contributed by atoms with van der Waals surface area (Å²) in [7, 11) is 0. The molecule has 2 N–H and O–H groups in total. The maximum absolute atomic E-state index is 12.2. The number of rotatable bonds is 2. The molecule has 1 amide bonds. The molecule has 104 valence electrons. The van der Waals surface area contributed by atoms with E-state index in [4.69, 9.17) is 17.3 Å². The van der Waals surface area contributed by atoms with Crippen LogP contribution in [0.15, 0.2) is 18.2 Å². The summed E-state index contributed by atoms with van der Waals surface area (Å²) >= 11 is 5.90. The summed E-state index contributed by atoms with van der Waals surface area (Å²) < 4.78 is 0. The number of halogens is 2. The molecule has 0 bridgehead atoms. The third kappa shape index (κ3) is 3.15. The second-order valence-electron chi connectivity index (χ2n) is 4.19. The maximum atomic E-state index is 12.2. The van der Waals surface area contributed by atoms with Crippen molar-refractivity contribution in [2.45, 2.75) is 12.5 Å². The molecule has 1 aliphatic heterocycles. The number of amides is 1. The Hall–Kier alpha value is -1.37. The average Bonchev–Trinajstić information content (AvgIpc) is 2.74. The van der Waals surface area contributed by atoms with Crippen LogP contribution in [0.1, 0.15) is 16.8 Å². The monoisotopic (exact) mass is 305 g/mol. The Kier molecular flexibility index (Phi) is 5.11. The van der Waals surface area contributed by atoms with Gasteiger partial charge in [-0.15, -0.1) is 12.4 Å². The van der Waals surface area contributed by atoms with Gasteiger partial charge in [0.1, 0.15) is 5.56 Å². The number of nitrogens with two attached hydrogens (primary N) is 1. The van der Waals surface area contributed by atoms with Crippen molar-refractivity contribution in [3.63, 3.8) is 0 Å². The number of benzene rings is 1. The van der Waals surface area contributed by atoms with Crippen molar-refractivity contribution in [2.24, 2.45) is 5.73 Å².